The molecule has 0 aliphatic rings. The second kappa shape index (κ2) is 7.91. The summed E-state index contributed by atoms with van der Waals surface area (Å²) in [5.74, 6) is -0.260. The number of benzene rings is 2. The number of amides is 1. The molecule has 0 fully saturated rings. The molecular weight excluding hydrogens is 358 g/mol. The molecule has 0 bridgehead atoms. The van der Waals surface area contributed by atoms with Gasteiger partial charge in [-0.05, 0) is 38.5 Å². The summed E-state index contributed by atoms with van der Waals surface area (Å²) in [5.41, 5.74) is 4.45. The van der Waals surface area contributed by atoms with Gasteiger partial charge in [-0.25, -0.2) is 4.68 Å². The van der Waals surface area contributed by atoms with Crippen molar-refractivity contribution in [1.82, 2.24) is 9.78 Å². The molecule has 0 atom stereocenters. The fraction of sp³-hybridized carbons (Fsp3) is 0.200. The largest absolute Gasteiger partial charge is 0.376 e. The number of hydrogen-bond donors (Lipinski definition) is 2. The standard InChI is InChI=1S/C20H21N5O3/c1-13-9-10-17(25(27)28)11-18(13)21-12-19(26)22-20-14(2)23-24(15(20)3)16-7-5-4-6-8-16/h4-11,21H,12H2,1-3H3,(H,22,26). The van der Waals surface area contributed by atoms with Gasteiger partial charge < -0.3 is 10.6 Å². The Hall–Kier alpha value is -3.68. The van der Waals surface area contributed by atoms with Crippen LogP contribution in [0.1, 0.15) is 17.0 Å². The first-order valence-electron chi connectivity index (χ1n) is 8.77. The number of para-hydroxylation sites is 1. The van der Waals surface area contributed by atoms with E-state index in [1.807, 2.05) is 51.1 Å². The van der Waals surface area contributed by atoms with Gasteiger partial charge >= 0.3 is 0 Å². The van der Waals surface area contributed by atoms with Crippen LogP contribution in [0.4, 0.5) is 17.1 Å². The average Bonchev–Trinajstić information content (AvgIpc) is 2.96. The normalized spacial score (nSPS) is 10.5. The highest BCUT2D eigenvalue weighted by Gasteiger charge is 2.16. The maximum atomic E-state index is 12.4. The fourth-order valence-electron chi connectivity index (χ4n) is 2.92. The summed E-state index contributed by atoms with van der Waals surface area (Å²) in [4.78, 5) is 22.9. The minimum atomic E-state index is -0.463. The molecule has 0 unspecified atom stereocenters. The van der Waals surface area contributed by atoms with Gasteiger partial charge in [-0.15, -0.1) is 0 Å². The van der Waals surface area contributed by atoms with Crippen molar-refractivity contribution >= 4 is 23.0 Å². The van der Waals surface area contributed by atoms with Crippen LogP contribution in [0.5, 0.6) is 0 Å². The van der Waals surface area contributed by atoms with E-state index in [0.29, 0.717) is 17.1 Å². The number of nitro groups is 1. The molecule has 0 aliphatic carbocycles. The molecule has 0 spiro atoms. The van der Waals surface area contributed by atoms with Gasteiger partial charge in [0.15, 0.2) is 0 Å². The Morgan fingerprint density at radius 1 is 1.14 bits per heavy atom. The number of carbonyl (C=O) groups is 1. The molecule has 2 N–H and O–H groups in total. The highest BCUT2D eigenvalue weighted by molar-refractivity contribution is 5.95. The topological polar surface area (TPSA) is 102 Å². The minimum Gasteiger partial charge on any atom is -0.376 e. The highest BCUT2D eigenvalue weighted by Crippen LogP contribution is 2.24. The third-order valence-electron chi connectivity index (χ3n) is 4.43. The van der Waals surface area contributed by atoms with Gasteiger partial charge in [0.1, 0.15) is 0 Å². The van der Waals surface area contributed by atoms with Crippen LogP contribution in [-0.4, -0.2) is 27.2 Å². The Kier molecular flexibility index (Phi) is 5.39. The second-order valence-corrected chi connectivity index (χ2v) is 6.45. The van der Waals surface area contributed by atoms with E-state index < -0.39 is 4.92 Å². The third-order valence-corrected chi connectivity index (χ3v) is 4.43. The Morgan fingerprint density at radius 3 is 2.54 bits per heavy atom. The van der Waals surface area contributed by atoms with Crippen LogP contribution in [0.2, 0.25) is 0 Å². The molecule has 0 aliphatic heterocycles. The van der Waals surface area contributed by atoms with E-state index in [2.05, 4.69) is 15.7 Å². The molecule has 1 amide bonds. The van der Waals surface area contributed by atoms with E-state index in [9.17, 15) is 14.9 Å². The smallest absolute Gasteiger partial charge is 0.271 e. The number of aromatic nitrogens is 2. The van der Waals surface area contributed by atoms with Gasteiger partial charge in [-0.2, -0.15) is 5.10 Å². The van der Waals surface area contributed by atoms with Crippen molar-refractivity contribution in [2.75, 3.05) is 17.2 Å². The quantitative estimate of drug-likeness (QED) is 0.501. The summed E-state index contributed by atoms with van der Waals surface area (Å²) in [6, 6.07) is 14.2. The molecule has 0 radical (unpaired) electrons. The third kappa shape index (κ3) is 4.01. The van der Waals surface area contributed by atoms with E-state index in [1.54, 1.807) is 10.7 Å². The number of anilines is 2. The number of hydrogen-bond acceptors (Lipinski definition) is 5. The SMILES string of the molecule is Cc1ccc([N+](=O)[O-])cc1NCC(=O)Nc1c(C)nn(-c2ccccc2)c1C. The molecule has 3 rings (SSSR count). The molecule has 144 valence electrons. The molecule has 8 heteroatoms. The summed E-state index contributed by atoms with van der Waals surface area (Å²) in [6.45, 7) is 5.53. The predicted octanol–water partition coefficient (Wildman–Crippen LogP) is 3.76. The number of rotatable bonds is 6. The fourth-order valence-corrected chi connectivity index (χ4v) is 2.92. The van der Waals surface area contributed by atoms with Crippen molar-refractivity contribution in [1.29, 1.82) is 0 Å². The Labute approximate surface area is 162 Å². The predicted molar refractivity (Wildman–Crippen MR) is 108 cm³/mol. The van der Waals surface area contributed by atoms with Crippen LogP contribution in [0.25, 0.3) is 5.69 Å². The van der Waals surface area contributed by atoms with E-state index in [0.717, 1.165) is 16.9 Å². The molecule has 0 saturated carbocycles. The van der Waals surface area contributed by atoms with E-state index in [-0.39, 0.29) is 18.1 Å². The number of aryl methyl sites for hydroxylation is 2. The van der Waals surface area contributed by atoms with Crippen molar-refractivity contribution in [3.63, 3.8) is 0 Å². The highest BCUT2D eigenvalue weighted by atomic mass is 16.6. The van der Waals surface area contributed by atoms with E-state index in [1.165, 1.54) is 12.1 Å². The lowest BCUT2D eigenvalue weighted by Gasteiger charge is -2.10. The van der Waals surface area contributed by atoms with Gasteiger partial charge in [0, 0.05) is 17.8 Å². The zero-order valence-electron chi connectivity index (χ0n) is 15.9. The van der Waals surface area contributed by atoms with Crippen LogP contribution < -0.4 is 10.6 Å². The molecule has 3 aromatic rings. The Balaban J connectivity index is 1.72. The van der Waals surface area contributed by atoms with Crippen molar-refractivity contribution in [2.24, 2.45) is 0 Å². The summed E-state index contributed by atoms with van der Waals surface area (Å²) in [5, 5.41) is 21.3. The average molecular weight is 379 g/mol. The summed E-state index contributed by atoms with van der Waals surface area (Å²) < 4.78 is 1.78. The first-order chi connectivity index (χ1) is 13.4. The molecule has 8 nitrogen and oxygen atoms in total. The van der Waals surface area contributed by atoms with Crippen LogP contribution in [0.3, 0.4) is 0 Å². The number of nitro benzene ring substituents is 1. The van der Waals surface area contributed by atoms with Gasteiger partial charge in [0.05, 0.1) is 34.2 Å². The first kappa shape index (κ1) is 19.1. The maximum Gasteiger partial charge on any atom is 0.271 e. The van der Waals surface area contributed by atoms with Gasteiger partial charge in [0.25, 0.3) is 5.69 Å². The summed E-state index contributed by atoms with van der Waals surface area (Å²) >= 11 is 0. The first-order valence-corrected chi connectivity index (χ1v) is 8.77. The number of nitrogens with one attached hydrogen (secondary N) is 2. The van der Waals surface area contributed by atoms with Gasteiger partial charge in [-0.3, -0.25) is 14.9 Å². The number of carbonyl (C=O) groups excluding carboxylic acids is 1. The van der Waals surface area contributed by atoms with Crippen molar-refractivity contribution in [2.45, 2.75) is 20.8 Å². The number of non-ortho nitro benzene ring substituents is 1. The van der Waals surface area contributed by atoms with Gasteiger partial charge in [0.2, 0.25) is 5.91 Å². The molecule has 1 heterocycles. The van der Waals surface area contributed by atoms with Crippen LogP contribution in [0.15, 0.2) is 48.5 Å². The monoisotopic (exact) mass is 379 g/mol. The molecule has 2 aromatic carbocycles. The van der Waals surface area contributed by atoms with Gasteiger partial charge in [-0.1, -0.05) is 24.3 Å². The number of nitrogens with zero attached hydrogens (tertiary/aromatic N) is 3. The van der Waals surface area contributed by atoms with Crippen LogP contribution in [0, 0.1) is 30.9 Å². The zero-order chi connectivity index (χ0) is 20.3. The van der Waals surface area contributed by atoms with Crippen LogP contribution >= 0.6 is 0 Å². The minimum absolute atomic E-state index is 0.0165. The van der Waals surface area contributed by atoms with Crippen molar-refractivity contribution in [3.8, 4) is 5.69 Å². The second-order valence-electron chi connectivity index (χ2n) is 6.45. The van der Waals surface area contributed by atoms with E-state index in [4.69, 9.17) is 0 Å². The van der Waals surface area contributed by atoms with Crippen molar-refractivity contribution in [3.05, 3.63) is 75.6 Å². The molecule has 28 heavy (non-hydrogen) atoms. The molecular formula is C20H21N5O3. The zero-order valence-corrected chi connectivity index (χ0v) is 15.9. The maximum absolute atomic E-state index is 12.4. The Morgan fingerprint density at radius 2 is 1.86 bits per heavy atom. The lowest BCUT2D eigenvalue weighted by atomic mass is 10.2. The summed E-state index contributed by atoms with van der Waals surface area (Å²) in [7, 11) is 0. The summed E-state index contributed by atoms with van der Waals surface area (Å²) in [6.07, 6.45) is 0. The van der Waals surface area contributed by atoms with Crippen LogP contribution in [-0.2, 0) is 4.79 Å². The molecule has 0 saturated heterocycles. The lowest BCUT2D eigenvalue weighted by Crippen LogP contribution is -2.22. The molecule has 1 aromatic heterocycles. The lowest BCUT2D eigenvalue weighted by molar-refractivity contribution is -0.384. The van der Waals surface area contributed by atoms with Crippen molar-refractivity contribution < 1.29 is 9.72 Å². The van der Waals surface area contributed by atoms with E-state index >= 15 is 0 Å². The Bertz CT molecular complexity index is 1030.